The van der Waals surface area contributed by atoms with Gasteiger partial charge >= 0.3 is 0 Å². The Bertz CT molecular complexity index is 645. The van der Waals surface area contributed by atoms with E-state index >= 15 is 0 Å². The maximum Gasteiger partial charge on any atom is 0.221 e. The zero-order valence-electron chi connectivity index (χ0n) is 9.42. The smallest absolute Gasteiger partial charge is 0.221 e. The molecule has 0 aliphatic heterocycles. The first kappa shape index (κ1) is 13.1. The van der Waals surface area contributed by atoms with Gasteiger partial charge in [0.2, 0.25) is 5.95 Å². The Kier molecular flexibility index (Phi) is 3.24. The van der Waals surface area contributed by atoms with Crippen LogP contribution >= 0.6 is 0 Å². The number of hydrogen-bond acceptors (Lipinski definition) is 4. The van der Waals surface area contributed by atoms with E-state index in [-0.39, 0.29) is 23.8 Å². The Morgan fingerprint density at radius 2 is 1.63 bits per heavy atom. The standard InChI is InChI=1S/C11H8F4N4/c12-6-2-4(7(13)9(15)8(6)14)1-5-3-18-11(17)19-10(5)16/h2-3H,1H2,(H4,16,17,18,19). The van der Waals surface area contributed by atoms with Crippen LogP contribution in [0.3, 0.4) is 0 Å². The molecule has 8 heteroatoms. The van der Waals surface area contributed by atoms with Crippen molar-refractivity contribution in [2.75, 3.05) is 11.5 Å². The zero-order chi connectivity index (χ0) is 14.2. The minimum Gasteiger partial charge on any atom is -0.383 e. The van der Waals surface area contributed by atoms with Crippen molar-refractivity contribution in [3.05, 3.63) is 46.7 Å². The lowest BCUT2D eigenvalue weighted by atomic mass is 10.1. The van der Waals surface area contributed by atoms with Crippen molar-refractivity contribution in [3.8, 4) is 0 Å². The maximum atomic E-state index is 13.5. The fourth-order valence-electron chi connectivity index (χ4n) is 1.53. The highest BCUT2D eigenvalue weighted by molar-refractivity contribution is 5.44. The van der Waals surface area contributed by atoms with E-state index in [0.717, 1.165) is 0 Å². The van der Waals surface area contributed by atoms with Crippen LogP contribution < -0.4 is 11.5 Å². The van der Waals surface area contributed by atoms with E-state index in [4.69, 9.17) is 11.5 Å². The highest BCUT2D eigenvalue weighted by atomic mass is 19.2. The number of hydrogen-bond donors (Lipinski definition) is 2. The van der Waals surface area contributed by atoms with E-state index in [9.17, 15) is 17.6 Å². The van der Waals surface area contributed by atoms with E-state index in [2.05, 4.69) is 9.97 Å². The molecule has 1 aromatic carbocycles. The van der Waals surface area contributed by atoms with Crippen LogP contribution in [-0.4, -0.2) is 9.97 Å². The van der Waals surface area contributed by atoms with Crippen molar-refractivity contribution >= 4 is 11.8 Å². The molecule has 0 radical (unpaired) electrons. The molecular weight excluding hydrogens is 264 g/mol. The zero-order valence-corrected chi connectivity index (χ0v) is 9.42. The third-order valence-corrected chi connectivity index (χ3v) is 2.48. The van der Waals surface area contributed by atoms with Crippen molar-refractivity contribution in [2.45, 2.75) is 6.42 Å². The van der Waals surface area contributed by atoms with E-state index in [1.165, 1.54) is 6.20 Å². The average molecular weight is 272 g/mol. The first-order valence-electron chi connectivity index (χ1n) is 5.09. The molecule has 4 nitrogen and oxygen atoms in total. The van der Waals surface area contributed by atoms with Gasteiger partial charge in [-0.25, -0.2) is 22.5 Å². The molecule has 0 saturated carbocycles. The Hall–Kier alpha value is -2.38. The molecule has 0 bridgehead atoms. The molecule has 0 aliphatic rings. The van der Waals surface area contributed by atoms with Gasteiger partial charge in [0.1, 0.15) is 5.82 Å². The molecule has 2 rings (SSSR count). The number of aromatic nitrogens is 2. The van der Waals surface area contributed by atoms with Crippen molar-refractivity contribution in [2.24, 2.45) is 0 Å². The normalized spacial score (nSPS) is 10.7. The molecule has 0 spiro atoms. The van der Waals surface area contributed by atoms with Crippen LogP contribution in [0.25, 0.3) is 0 Å². The molecule has 0 aliphatic carbocycles. The summed E-state index contributed by atoms with van der Waals surface area (Å²) in [6, 6.07) is 0.559. The van der Waals surface area contributed by atoms with Gasteiger partial charge in [0.15, 0.2) is 23.3 Å². The van der Waals surface area contributed by atoms with Crippen LogP contribution in [0.15, 0.2) is 12.3 Å². The molecule has 0 unspecified atom stereocenters. The largest absolute Gasteiger partial charge is 0.383 e. The summed E-state index contributed by atoms with van der Waals surface area (Å²) in [5.74, 6) is -6.82. The number of nitrogens with zero attached hydrogens (tertiary/aromatic N) is 2. The molecule has 0 saturated heterocycles. The predicted molar refractivity (Wildman–Crippen MR) is 59.9 cm³/mol. The summed E-state index contributed by atoms with van der Waals surface area (Å²) in [5, 5.41) is 0. The summed E-state index contributed by atoms with van der Waals surface area (Å²) in [5.41, 5.74) is 10.6. The summed E-state index contributed by atoms with van der Waals surface area (Å²) >= 11 is 0. The van der Waals surface area contributed by atoms with Gasteiger partial charge in [0.05, 0.1) is 0 Å². The van der Waals surface area contributed by atoms with E-state index in [1.54, 1.807) is 0 Å². The highest BCUT2D eigenvalue weighted by Gasteiger charge is 2.19. The molecular formula is C11H8F4N4. The minimum atomic E-state index is -1.87. The highest BCUT2D eigenvalue weighted by Crippen LogP contribution is 2.22. The van der Waals surface area contributed by atoms with Crippen LogP contribution in [0.1, 0.15) is 11.1 Å². The topological polar surface area (TPSA) is 77.8 Å². The van der Waals surface area contributed by atoms with Crippen LogP contribution in [0.4, 0.5) is 29.3 Å². The molecule has 19 heavy (non-hydrogen) atoms. The Morgan fingerprint density at radius 3 is 2.26 bits per heavy atom. The first-order valence-corrected chi connectivity index (χ1v) is 5.09. The first-order chi connectivity index (χ1) is 8.90. The molecule has 0 fully saturated rings. The molecule has 100 valence electrons. The number of rotatable bonds is 2. The SMILES string of the molecule is Nc1ncc(Cc2cc(F)c(F)c(F)c2F)c(N)n1. The second-order valence-electron chi connectivity index (χ2n) is 3.77. The fraction of sp³-hybridized carbons (Fsp3) is 0.0909. The lowest BCUT2D eigenvalue weighted by Gasteiger charge is -2.07. The van der Waals surface area contributed by atoms with E-state index in [1.807, 2.05) is 0 Å². The minimum absolute atomic E-state index is 0.0444. The third-order valence-electron chi connectivity index (χ3n) is 2.48. The summed E-state index contributed by atoms with van der Waals surface area (Å²) in [6.45, 7) is 0. The summed E-state index contributed by atoms with van der Waals surface area (Å²) in [7, 11) is 0. The van der Waals surface area contributed by atoms with Gasteiger partial charge in [-0.1, -0.05) is 0 Å². The summed E-state index contributed by atoms with van der Waals surface area (Å²) in [6.07, 6.45) is 0.919. The molecule has 0 amide bonds. The Morgan fingerprint density at radius 1 is 0.947 bits per heavy atom. The van der Waals surface area contributed by atoms with Gasteiger partial charge in [-0.05, 0) is 11.6 Å². The number of nitrogens with two attached hydrogens (primary N) is 2. The fourth-order valence-corrected chi connectivity index (χ4v) is 1.53. The van der Waals surface area contributed by atoms with Gasteiger partial charge in [-0.2, -0.15) is 4.98 Å². The van der Waals surface area contributed by atoms with Crippen LogP contribution in [-0.2, 0) is 6.42 Å². The van der Waals surface area contributed by atoms with Gasteiger partial charge in [-0.15, -0.1) is 0 Å². The Labute approximate surface area is 105 Å². The molecule has 4 N–H and O–H groups in total. The lowest BCUT2D eigenvalue weighted by molar-refractivity contribution is 0.404. The van der Waals surface area contributed by atoms with Crippen LogP contribution in [0, 0.1) is 23.3 Å². The molecule has 0 atom stereocenters. The van der Waals surface area contributed by atoms with Crippen LogP contribution in [0.5, 0.6) is 0 Å². The summed E-state index contributed by atoms with van der Waals surface area (Å²) in [4.78, 5) is 7.25. The molecule has 1 heterocycles. The quantitative estimate of drug-likeness (QED) is 0.496. The number of halogens is 4. The van der Waals surface area contributed by atoms with E-state index in [0.29, 0.717) is 6.07 Å². The average Bonchev–Trinajstić information content (AvgIpc) is 2.36. The van der Waals surface area contributed by atoms with Crippen molar-refractivity contribution in [3.63, 3.8) is 0 Å². The number of anilines is 2. The third kappa shape index (κ3) is 2.42. The van der Waals surface area contributed by atoms with Gasteiger partial charge in [-0.3, -0.25) is 0 Å². The number of benzene rings is 1. The maximum absolute atomic E-state index is 13.5. The van der Waals surface area contributed by atoms with Crippen LogP contribution in [0.2, 0.25) is 0 Å². The van der Waals surface area contributed by atoms with Crippen molar-refractivity contribution < 1.29 is 17.6 Å². The monoisotopic (exact) mass is 272 g/mol. The Balaban J connectivity index is 2.44. The van der Waals surface area contributed by atoms with Crippen molar-refractivity contribution in [1.82, 2.24) is 9.97 Å². The summed E-state index contributed by atoms with van der Waals surface area (Å²) < 4.78 is 52.3. The van der Waals surface area contributed by atoms with E-state index < -0.39 is 28.8 Å². The predicted octanol–water partition coefficient (Wildman–Crippen LogP) is 1.79. The molecule has 1 aromatic heterocycles. The second-order valence-corrected chi connectivity index (χ2v) is 3.77. The van der Waals surface area contributed by atoms with Crippen molar-refractivity contribution in [1.29, 1.82) is 0 Å². The van der Waals surface area contributed by atoms with Gasteiger partial charge < -0.3 is 11.5 Å². The number of nitrogen functional groups attached to an aromatic ring is 2. The van der Waals surface area contributed by atoms with Gasteiger partial charge in [0.25, 0.3) is 0 Å². The lowest BCUT2D eigenvalue weighted by Crippen LogP contribution is -2.07. The molecule has 2 aromatic rings. The second kappa shape index (κ2) is 4.71. The van der Waals surface area contributed by atoms with Gasteiger partial charge in [0, 0.05) is 18.2 Å².